The lowest BCUT2D eigenvalue weighted by molar-refractivity contribution is -0.165. The molecule has 1 saturated heterocycles. The first-order valence-corrected chi connectivity index (χ1v) is 22.0. The van der Waals surface area contributed by atoms with E-state index in [9.17, 15) is 14.4 Å². The maximum Gasteiger partial charge on any atom is 0.407 e. The molecule has 0 radical (unpaired) electrons. The van der Waals surface area contributed by atoms with Crippen LogP contribution in [0.5, 0.6) is 5.75 Å². The molecule has 1 aliphatic heterocycles. The van der Waals surface area contributed by atoms with E-state index in [-0.39, 0.29) is 30.9 Å². The summed E-state index contributed by atoms with van der Waals surface area (Å²) in [5, 5.41) is 5.72. The van der Waals surface area contributed by atoms with E-state index < -0.39 is 53.5 Å². The van der Waals surface area contributed by atoms with Crippen molar-refractivity contribution >= 4 is 18.0 Å². The van der Waals surface area contributed by atoms with Gasteiger partial charge in [-0.05, 0) is 91.1 Å². The first kappa shape index (κ1) is 47.0. The number of alkyl carbamates (subject to hydrolysis) is 1. The van der Waals surface area contributed by atoms with E-state index in [0.29, 0.717) is 26.1 Å². The van der Waals surface area contributed by atoms with Gasteiger partial charge in [-0.3, -0.25) is 4.79 Å². The van der Waals surface area contributed by atoms with Crippen LogP contribution in [0.4, 0.5) is 4.79 Å². The Labute approximate surface area is 372 Å². The number of hydrogen-bond donors (Lipinski definition) is 2. The lowest BCUT2D eigenvalue weighted by atomic mass is 9.89. The zero-order valence-corrected chi connectivity index (χ0v) is 38.0. The maximum absolute atomic E-state index is 14.1. The standard InChI is InChI=1S/C52H64N2O9/c1-10-15-45(34(4)46-47(63-52(7,8)62-46)37-24-20-35(21-25-37)29-59-30-36-22-26-38(58-9)27-23-36)61-48(55)44(28-33(2)3)54-49(56)51(5,6)32-53-50(57)60-31-43-41-18-13-11-16-39(41)40-17-12-14-19-42(40)43/h10-14,16-27,33-34,43-47H,1,15,28-32H2,2-9H3,(H,53,57)(H,54,56)/t34-,44?,45-,46+,47+/m0/s1. The van der Waals surface area contributed by atoms with Crippen LogP contribution in [0.2, 0.25) is 0 Å². The van der Waals surface area contributed by atoms with Gasteiger partial charge in [0.25, 0.3) is 0 Å². The minimum atomic E-state index is -1.08. The number of carbonyl (C=O) groups is 3. The maximum atomic E-state index is 14.1. The Bertz CT molecular complexity index is 2140. The molecular formula is C52H64N2O9. The van der Waals surface area contributed by atoms with E-state index in [0.717, 1.165) is 44.7 Å². The molecule has 0 bridgehead atoms. The summed E-state index contributed by atoms with van der Waals surface area (Å²) in [4.78, 5) is 40.9. The number of benzene rings is 4. The summed E-state index contributed by atoms with van der Waals surface area (Å²) in [6.07, 6.45) is 0.289. The second kappa shape index (κ2) is 20.8. The quantitative estimate of drug-likeness (QED) is 0.0659. The van der Waals surface area contributed by atoms with Crippen LogP contribution < -0.4 is 15.4 Å². The summed E-state index contributed by atoms with van der Waals surface area (Å²) in [5.41, 5.74) is 6.42. The molecule has 4 aromatic carbocycles. The fraction of sp³-hybridized carbons (Fsp3) is 0.442. The normalized spacial score (nSPS) is 18.1. The predicted molar refractivity (Wildman–Crippen MR) is 243 cm³/mol. The number of methoxy groups -OCH3 is 1. The van der Waals surface area contributed by atoms with Crippen LogP contribution >= 0.6 is 0 Å². The highest BCUT2D eigenvalue weighted by molar-refractivity contribution is 5.88. The van der Waals surface area contributed by atoms with Gasteiger partial charge in [-0.1, -0.05) is 112 Å². The molecule has 1 aliphatic carbocycles. The molecule has 11 heteroatoms. The van der Waals surface area contributed by atoms with Gasteiger partial charge in [0.2, 0.25) is 5.91 Å². The Hall–Kier alpha value is -5.49. The van der Waals surface area contributed by atoms with Crippen molar-refractivity contribution in [3.05, 3.63) is 138 Å². The highest BCUT2D eigenvalue weighted by Gasteiger charge is 2.47. The van der Waals surface area contributed by atoms with Crippen LogP contribution in [0.3, 0.4) is 0 Å². The third kappa shape index (κ3) is 12.0. The van der Waals surface area contributed by atoms with Gasteiger partial charge in [-0.15, -0.1) is 6.58 Å². The number of rotatable bonds is 20. The average molecular weight is 861 g/mol. The minimum Gasteiger partial charge on any atom is -0.497 e. The molecule has 0 aromatic heterocycles. The molecule has 336 valence electrons. The molecule has 5 atom stereocenters. The number of ether oxygens (including phenoxy) is 6. The van der Waals surface area contributed by atoms with Crippen molar-refractivity contribution in [3.8, 4) is 16.9 Å². The summed E-state index contributed by atoms with van der Waals surface area (Å²) < 4.78 is 36.2. The van der Waals surface area contributed by atoms with Gasteiger partial charge in [0.15, 0.2) is 5.79 Å². The molecule has 11 nitrogen and oxygen atoms in total. The molecule has 1 fully saturated rings. The van der Waals surface area contributed by atoms with E-state index in [2.05, 4.69) is 41.5 Å². The third-order valence-corrected chi connectivity index (χ3v) is 11.8. The average Bonchev–Trinajstić information content (AvgIpc) is 3.77. The summed E-state index contributed by atoms with van der Waals surface area (Å²) in [6, 6.07) is 31.2. The number of esters is 1. The second-order valence-electron chi connectivity index (χ2n) is 18.2. The van der Waals surface area contributed by atoms with Gasteiger partial charge in [0.1, 0.15) is 30.6 Å². The minimum absolute atomic E-state index is 0.0109. The largest absolute Gasteiger partial charge is 0.497 e. The monoisotopic (exact) mass is 860 g/mol. The fourth-order valence-electron chi connectivity index (χ4n) is 8.28. The Balaban J connectivity index is 1.04. The first-order chi connectivity index (χ1) is 30.1. The highest BCUT2D eigenvalue weighted by atomic mass is 16.8. The first-order valence-electron chi connectivity index (χ1n) is 22.0. The number of hydrogen-bond acceptors (Lipinski definition) is 9. The van der Waals surface area contributed by atoms with Crippen LogP contribution in [0.15, 0.2) is 110 Å². The van der Waals surface area contributed by atoms with E-state index in [1.165, 1.54) is 0 Å². The van der Waals surface area contributed by atoms with Gasteiger partial charge in [0.05, 0.1) is 31.8 Å². The van der Waals surface area contributed by atoms with Gasteiger partial charge in [-0.2, -0.15) is 0 Å². The molecular weight excluding hydrogens is 797 g/mol. The van der Waals surface area contributed by atoms with E-state index >= 15 is 0 Å². The molecule has 2 aliphatic rings. The molecule has 0 saturated carbocycles. The summed E-state index contributed by atoms with van der Waals surface area (Å²) in [6.45, 7) is 18.1. The van der Waals surface area contributed by atoms with Crippen LogP contribution in [0.1, 0.15) is 101 Å². The fourth-order valence-corrected chi connectivity index (χ4v) is 8.28. The van der Waals surface area contributed by atoms with E-state index in [4.69, 9.17) is 28.4 Å². The molecule has 63 heavy (non-hydrogen) atoms. The summed E-state index contributed by atoms with van der Waals surface area (Å²) >= 11 is 0. The molecule has 2 amide bonds. The van der Waals surface area contributed by atoms with Crippen LogP contribution in [0, 0.1) is 17.3 Å². The Kier molecular flexibility index (Phi) is 15.5. The smallest absolute Gasteiger partial charge is 0.407 e. The third-order valence-electron chi connectivity index (χ3n) is 11.8. The van der Waals surface area contributed by atoms with E-state index in [1.807, 2.05) is 107 Å². The zero-order valence-electron chi connectivity index (χ0n) is 38.0. The second-order valence-corrected chi connectivity index (χ2v) is 18.2. The van der Waals surface area contributed by atoms with Crippen LogP contribution in [-0.4, -0.2) is 62.3 Å². The molecule has 2 N–H and O–H groups in total. The number of fused-ring (bicyclic) bond motifs is 3. The number of amides is 2. The Morgan fingerprint density at radius 2 is 1.43 bits per heavy atom. The van der Waals surface area contributed by atoms with Gasteiger partial charge in [-0.25, -0.2) is 9.59 Å². The number of nitrogens with one attached hydrogen (secondary N) is 2. The highest BCUT2D eigenvalue weighted by Crippen LogP contribution is 2.45. The Morgan fingerprint density at radius 3 is 2.00 bits per heavy atom. The van der Waals surface area contributed by atoms with Crippen molar-refractivity contribution in [1.29, 1.82) is 0 Å². The van der Waals surface area contributed by atoms with Crippen molar-refractivity contribution in [1.82, 2.24) is 10.6 Å². The summed E-state index contributed by atoms with van der Waals surface area (Å²) in [7, 11) is 1.64. The zero-order chi connectivity index (χ0) is 45.3. The SMILES string of the molecule is C=CC[C@H](OC(=O)C(CC(C)C)NC(=O)C(C)(C)CNC(=O)OCC1c2ccccc2-c2ccccc21)[C@H](C)[C@H]1OC(C)(C)O[C@@H]1c1ccc(COCc2ccc(OC)cc2)cc1. The van der Waals surface area contributed by atoms with Crippen molar-refractivity contribution in [2.75, 3.05) is 20.3 Å². The summed E-state index contributed by atoms with van der Waals surface area (Å²) in [5.74, 6) is -1.38. The lowest BCUT2D eigenvalue weighted by Gasteiger charge is -2.32. The predicted octanol–water partition coefficient (Wildman–Crippen LogP) is 9.82. The van der Waals surface area contributed by atoms with Crippen LogP contribution in [-0.2, 0) is 46.5 Å². The molecule has 1 heterocycles. The van der Waals surface area contributed by atoms with Crippen LogP contribution in [0.25, 0.3) is 11.1 Å². The molecule has 4 aromatic rings. The van der Waals surface area contributed by atoms with Gasteiger partial charge < -0.3 is 39.1 Å². The molecule has 0 spiro atoms. The van der Waals surface area contributed by atoms with Gasteiger partial charge >= 0.3 is 12.1 Å². The van der Waals surface area contributed by atoms with Crippen molar-refractivity contribution in [2.24, 2.45) is 17.3 Å². The molecule has 6 rings (SSSR count). The lowest BCUT2D eigenvalue weighted by Crippen LogP contribution is -2.52. The van der Waals surface area contributed by atoms with Gasteiger partial charge in [0, 0.05) is 24.8 Å². The van der Waals surface area contributed by atoms with Crippen molar-refractivity contribution in [2.45, 2.75) is 111 Å². The van der Waals surface area contributed by atoms with Crippen molar-refractivity contribution in [3.63, 3.8) is 0 Å². The Morgan fingerprint density at radius 1 is 0.841 bits per heavy atom. The molecule has 1 unspecified atom stereocenters. The van der Waals surface area contributed by atoms with Crippen molar-refractivity contribution < 1.29 is 42.8 Å². The number of carbonyl (C=O) groups excluding carboxylic acids is 3. The van der Waals surface area contributed by atoms with E-state index in [1.54, 1.807) is 27.0 Å². The topological polar surface area (TPSA) is 131 Å².